The molecule has 3 unspecified atom stereocenters. The van der Waals surface area contributed by atoms with Gasteiger partial charge in [-0.05, 0) is 36.6 Å². The van der Waals surface area contributed by atoms with Crippen LogP contribution in [0.1, 0.15) is 38.9 Å². The third kappa shape index (κ3) is 6.33. The maximum Gasteiger partial charge on any atom is 0.242 e. The van der Waals surface area contributed by atoms with Crippen LogP contribution >= 0.6 is 11.6 Å². The minimum Gasteiger partial charge on any atom is -0.325 e. The lowest BCUT2D eigenvalue weighted by molar-refractivity contribution is -0.120. The molecule has 1 saturated heterocycles. The third-order valence-corrected chi connectivity index (χ3v) is 5.66. The van der Waals surface area contributed by atoms with Crippen molar-refractivity contribution < 1.29 is 13.4 Å². The summed E-state index contributed by atoms with van der Waals surface area (Å²) in [5.41, 5.74) is 1.22. The molecule has 0 bridgehead atoms. The zero-order valence-corrected chi connectivity index (χ0v) is 18.7. The van der Waals surface area contributed by atoms with Gasteiger partial charge in [-0.1, -0.05) is 32.4 Å². The Morgan fingerprint density at radius 2 is 2.00 bits per heavy atom. The van der Waals surface area contributed by atoms with E-state index >= 15 is 0 Å². The molecule has 29 heavy (non-hydrogen) atoms. The summed E-state index contributed by atoms with van der Waals surface area (Å²) in [5.74, 6) is -0.0665. The molecular weight excluding hydrogens is 417 g/mol. The van der Waals surface area contributed by atoms with E-state index in [0.29, 0.717) is 12.1 Å². The number of aryl methyl sites for hydroxylation is 1. The maximum atomic E-state index is 13.2. The first-order valence-corrected chi connectivity index (χ1v) is 10.7. The van der Waals surface area contributed by atoms with Gasteiger partial charge in [0.05, 0.1) is 16.8 Å². The zero-order valence-electron chi connectivity index (χ0n) is 17.1. The van der Waals surface area contributed by atoms with Crippen LogP contribution in [0.25, 0.3) is 0 Å². The molecule has 160 valence electrons. The number of rotatable bonds is 3. The topological polar surface area (TPSA) is 79.3 Å². The summed E-state index contributed by atoms with van der Waals surface area (Å²) < 4.78 is 31.7. The second-order valence-corrected chi connectivity index (χ2v) is 9.16. The first-order valence-electron chi connectivity index (χ1n) is 9.24. The summed E-state index contributed by atoms with van der Waals surface area (Å²) in [5, 5.41) is 6.72. The van der Waals surface area contributed by atoms with Crippen molar-refractivity contribution in [3.63, 3.8) is 0 Å². The van der Waals surface area contributed by atoms with Crippen molar-refractivity contribution in [3.05, 3.63) is 47.0 Å². The van der Waals surface area contributed by atoms with E-state index in [4.69, 9.17) is 11.6 Å². The van der Waals surface area contributed by atoms with E-state index in [9.17, 15) is 13.4 Å². The molecule has 2 aromatic rings. The van der Waals surface area contributed by atoms with Crippen LogP contribution in [0.15, 0.2) is 30.5 Å². The van der Waals surface area contributed by atoms with Gasteiger partial charge in [0.25, 0.3) is 0 Å². The number of halogens is 2. The Bertz CT molecular complexity index is 873. The molecular formula is C19H27ClFN5O2S. The number of benzene rings is 1. The fraction of sp³-hybridized carbons (Fsp3) is 0.474. The van der Waals surface area contributed by atoms with Crippen LogP contribution in [0.3, 0.4) is 0 Å². The molecule has 3 atom stereocenters. The Morgan fingerprint density at radius 1 is 1.34 bits per heavy atom. The first-order chi connectivity index (χ1) is 13.6. The number of anilines is 1. The molecule has 0 aliphatic carbocycles. The van der Waals surface area contributed by atoms with Crippen molar-refractivity contribution >= 4 is 34.4 Å². The monoisotopic (exact) mass is 443 g/mol. The second kappa shape index (κ2) is 10.3. The smallest absolute Gasteiger partial charge is 0.242 e. The second-order valence-electron chi connectivity index (χ2n) is 7.45. The van der Waals surface area contributed by atoms with E-state index in [0.717, 1.165) is 11.6 Å². The Kier molecular flexibility index (Phi) is 8.33. The van der Waals surface area contributed by atoms with Crippen molar-refractivity contribution in [2.45, 2.75) is 39.3 Å². The molecule has 7 nitrogen and oxygen atoms in total. The number of nitrogens with one attached hydrogen (secondary N) is 2. The summed E-state index contributed by atoms with van der Waals surface area (Å²) in [6, 6.07) is 4.85. The van der Waals surface area contributed by atoms with Crippen molar-refractivity contribution in [2.24, 2.45) is 13.0 Å². The molecule has 1 aliphatic rings. The Balaban J connectivity index is 0.000000687. The van der Waals surface area contributed by atoms with Gasteiger partial charge in [-0.25, -0.2) is 17.6 Å². The number of amides is 1. The summed E-state index contributed by atoms with van der Waals surface area (Å²) in [7, 11) is 3.39. The van der Waals surface area contributed by atoms with Crippen molar-refractivity contribution in [1.82, 2.24) is 18.8 Å². The minimum atomic E-state index is -1.53. The summed E-state index contributed by atoms with van der Waals surface area (Å²) >= 11 is 4.21. The van der Waals surface area contributed by atoms with Crippen LogP contribution in [-0.4, -0.2) is 37.3 Å². The number of hydrogen-bond donors (Lipinski definition) is 2. The van der Waals surface area contributed by atoms with Crippen LogP contribution in [-0.2, 0) is 23.0 Å². The molecule has 1 aromatic carbocycles. The number of carbonyl (C=O) groups excluding carboxylic acids is 1. The highest BCUT2D eigenvalue weighted by atomic mass is 35.5. The molecule has 1 amide bonds. The normalized spacial score (nSPS) is 22.1. The molecule has 2 heterocycles. The van der Waals surface area contributed by atoms with E-state index in [1.807, 2.05) is 6.07 Å². The number of nitrogens with zero attached hydrogens (tertiary/aromatic N) is 3. The largest absolute Gasteiger partial charge is 0.325 e. The molecule has 0 spiro atoms. The fourth-order valence-electron chi connectivity index (χ4n) is 2.72. The lowest BCUT2D eigenvalue weighted by Crippen LogP contribution is -2.53. The maximum absolute atomic E-state index is 13.2. The summed E-state index contributed by atoms with van der Waals surface area (Å²) in [6.45, 7) is 6.50. The van der Waals surface area contributed by atoms with Crippen molar-refractivity contribution in [1.29, 1.82) is 0 Å². The Morgan fingerprint density at radius 3 is 2.55 bits per heavy atom. The van der Waals surface area contributed by atoms with Crippen molar-refractivity contribution in [3.8, 4) is 0 Å². The first kappa shape index (κ1) is 23.5. The molecule has 1 fully saturated rings. The van der Waals surface area contributed by atoms with Gasteiger partial charge in [-0.3, -0.25) is 9.48 Å². The van der Waals surface area contributed by atoms with Gasteiger partial charge in [0, 0.05) is 26.0 Å². The Labute approximate surface area is 178 Å². The van der Waals surface area contributed by atoms with Gasteiger partial charge >= 0.3 is 0 Å². The van der Waals surface area contributed by atoms with Crippen LogP contribution in [0.5, 0.6) is 0 Å². The predicted molar refractivity (Wildman–Crippen MR) is 114 cm³/mol. The van der Waals surface area contributed by atoms with E-state index in [1.54, 1.807) is 25.0 Å². The molecule has 2 N–H and O–H groups in total. The number of hydrogen-bond acceptors (Lipinski definition) is 3. The molecule has 10 heteroatoms. The van der Waals surface area contributed by atoms with Gasteiger partial charge in [0.2, 0.25) is 5.91 Å². The minimum absolute atomic E-state index is 0.0761. The van der Waals surface area contributed by atoms with Crippen LogP contribution in [0.4, 0.5) is 10.1 Å². The van der Waals surface area contributed by atoms with Crippen LogP contribution < -0.4 is 10.0 Å². The van der Waals surface area contributed by atoms with E-state index in [2.05, 4.69) is 35.9 Å². The SMILES string of the molecule is CC(C)C.CN1C(C(=O)Nc2ccc(F)c(Cl)c2)CC(c2ccnn2C)NS1=O. The highest BCUT2D eigenvalue weighted by Gasteiger charge is 2.37. The molecule has 1 aromatic heterocycles. The van der Waals surface area contributed by atoms with Gasteiger partial charge in [0.1, 0.15) is 11.9 Å². The van der Waals surface area contributed by atoms with Crippen LogP contribution in [0.2, 0.25) is 5.02 Å². The zero-order chi connectivity index (χ0) is 21.7. The van der Waals surface area contributed by atoms with E-state index in [-0.39, 0.29) is 17.0 Å². The Hall–Kier alpha value is -1.81. The van der Waals surface area contributed by atoms with E-state index < -0.39 is 23.0 Å². The third-order valence-electron chi connectivity index (χ3n) is 4.11. The molecule has 3 rings (SSSR count). The van der Waals surface area contributed by atoms with Gasteiger partial charge in [-0.15, -0.1) is 0 Å². The summed E-state index contributed by atoms with van der Waals surface area (Å²) in [6.07, 6.45) is 2.05. The fourth-order valence-corrected chi connectivity index (χ4v) is 3.94. The molecule has 0 radical (unpaired) electrons. The number of likely N-dealkylation sites (N-methyl/N-ethyl adjacent to an activating group) is 1. The van der Waals surface area contributed by atoms with E-state index in [1.165, 1.54) is 22.5 Å². The average Bonchev–Trinajstić information content (AvgIpc) is 3.06. The predicted octanol–water partition coefficient (Wildman–Crippen LogP) is 3.43. The lowest BCUT2D eigenvalue weighted by Gasteiger charge is -2.35. The quantitative estimate of drug-likeness (QED) is 0.762. The van der Waals surface area contributed by atoms with Crippen molar-refractivity contribution in [2.75, 3.05) is 12.4 Å². The van der Waals surface area contributed by atoms with Gasteiger partial charge in [-0.2, -0.15) is 5.10 Å². The van der Waals surface area contributed by atoms with Gasteiger partial charge < -0.3 is 5.32 Å². The highest BCUT2D eigenvalue weighted by molar-refractivity contribution is 7.80. The highest BCUT2D eigenvalue weighted by Crippen LogP contribution is 2.27. The summed E-state index contributed by atoms with van der Waals surface area (Å²) in [4.78, 5) is 12.6. The standard InChI is InChI=1S/C15H17ClFN5O2S.C4H10/c1-21-13(5-6-18-21)12-8-14(22(2)25(24)20-12)15(23)19-9-3-4-11(17)10(16)7-9;1-4(2)3/h3-7,12,14,20H,8H2,1-2H3,(H,19,23);4H,1-3H3. The molecule has 0 saturated carbocycles. The molecule has 1 aliphatic heterocycles. The number of aromatic nitrogens is 2. The average molecular weight is 444 g/mol. The van der Waals surface area contributed by atoms with Gasteiger partial charge in [0.15, 0.2) is 11.2 Å². The lowest BCUT2D eigenvalue weighted by atomic mass is 10.0. The number of carbonyl (C=O) groups is 1. The van der Waals surface area contributed by atoms with Crippen LogP contribution in [0, 0.1) is 11.7 Å².